The summed E-state index contributed by atoms with van der Waals surface area (Å²) in [6.45, 7) is 0.401. The van der Waals surface area contributed by atoms with E-state index in [-0.39, 0.29) is 6.10 Å². The van der Waals surface area contributed by atoms with Crippen LogP contribution in [0.15, 0.2) is 78.9 Å². The van der Waals surface area contributed by atoms with E-state index in [4.69, 9.17) is 4.74 Å². The molecule has 0 saturated carbocycles. The first-order chi connectivity index (χ1) is 12.2. The average Bonchev–Trinajstić information content (AvgIpc) is 2.62. The highest BCUT2D eigenvalue weighted by Gasteiger charge is 2.15. The zero-order valence-electron chi connectivity index (χ0n) is 13.9. The Labute approximate surface area is 146 Å². The summed E-state index contributed by atoms with van der Waals surface area (Å²) in [5.74, 6) is -1.16. The van der Waals surface area contributed by atoms with Gasteiger partial charge in [0.25, 0.3) is 0 Å². The lowest BCUT2D eigenvalue weighted by atomic mass is 10.0. The molecule has 0 radical (unpaired) electrons. The fourth-order valence-electron chi connectivity index (χ4n) is 2.82. The first-order valence-electron chi connectivity index (χ1n) is 8.36. The molecule has 0 spiro atoms. The zero-order chi connectivity index (χ0) is 17.5. The van der Waals surface area contributed by atoms with E-state index in [1.165, 1.54) is 17.7 Å². The molecule has 3 rings (SSSR count). The van der Waals surface area contributed by atoms with Gasteiger partial charge in [0.15, 0.2) is 0 Å². The SMILES string of the molecule is Fc1cc(F)cc(C(CCc2ccccc2)OCc2ccccc2)c1. The molecule has 0 aromatic heterocycles. The minimum atomic E-state index is -0.581. The Balaban J connectivity index is 1.75. The molecule has 0 heterocycles. The molecule has 0 fully saturated rings. The minimum Gasteiger partial charge on any atom is -0.369 e. The number of hydrogen-bond acceptors (Lipinski definition) is 1. The van der Waals surface area contributed by atoms with Crippen LogP contribution in [-0.2, 0) is 17.8 Å². The fourth-order valence-corrected chi connectivity index (χ4v) is 2.82. The first-order valence-corrected chi connectivity index (χ1v) is 8.36. The van der Waals surface area contributed by atoms with Gasteiger partial charge in [-0.1, -0.05) is 60.7 Å². The van der Waals surface area contributed by atoms with Crippen LogP contribution in [0.4, 0.5) is 8.78 Å². The van der Waals surface area contributed by atoms with Crippen LogP contribution in [0.25, 0.3) is 0 Å². The molecule has 1 atom stereocenters. The van der Waals surface area contributed by atoms with Crippen LogP contribution < -0.4 is 0 Å². The molecule has 3 aromatic carbocycles. The van der Waals surface area contributed by atoms with Gasteiger partial charge < -0.3 is 4.74 Å². The molecule has 0 aliphatic carbocycles. The van der Waals surface area contributed by atoms with Crippen molar-refractivity contribution in [3.8, 4) is 0 Å². The van der Waals surface area contributed by atoms with Gasteiger partial charge in [0.2, 0.25) is 0 Å². The van der Waals surface area contributed by atoms with Crippen LogP contribution in [0.5, 0.6) is 0 Å². The number of aryl methyl sites for hydroxylation is 1. The lowest BCUT2D eigenvalue weighted by Gasteiger charge is -2.19. The van der Waals surface area contributed by atoms with Gasteiger partial charge in [-0.3, -0.25) is 0 Å². The summed E-state index contributed by atoms with van der Waals surface area (Å²) in [7, 11) is 0. The number of ether oxygens (including phenoxy) is 1. The zero-order valence-corrected chi connectivity index (χ0v) is 13.9. The molecule has 1 nitrogen and oxygen atoms in total. The van der Waals surface area contributed by atoms with Gasteiger partial charge in [0.1, 0.15) is 11.6 Å². The van der Waals surface area contributed by atoms with E-state index in [1.54, 1.807) is 0 Å². The highest BCUT2D eigenvalue weighted by atomic mass is 19.1. The topological polar surface area (TPSA) is 9.23 Å². The third-order valence-corrected chi connectivity index (χ3v) is 4.09. The van der Waals surface area contributed by atoms with Crippen molar-refractivity contribution < 1.29 is 13.5 Å². The van der Waals surface area contributed by atoms with Gasteiger partial charge in [-0.05, 0) is 41.7 Å². The molecule has 3 heteroatoms. The minimum absolute atomic E-state index is 0.370. The maximum atomic E-state index is 13.6. The van der Waals surface area contributed by atoms with Gasteiger partial charge in [-0.15, -0.1) is 0 Å². The average molecular weight is 338 g/mol. The lowest BCUT2D eigenvalue weighted by Crippen LogP contribution is -2.07. The molecule has 3 aromatic rings. The van der Waals surface area contributed by atoms with Crippen LogP contribution >= 0.6 is 0 Å². The monoisotopic (exact) mass is 338 g/mol. The smallest absolute Gasteiger partial charge is 0.126 e. The van der Waals surface area contributed by atoms with Crippen LogP contribution in [0.2, 0.25) is 0 Å². The Hall–Kier alpha value is -2.52. The third-order valence-electron chi connectivity index (χ3n) is 4.09. The molecule has 25 heavy (non-hydrogen) atoms. The summed E-state index contributed by atoms with van der Waals surface area (Å²) in [5, 5.41) is 0. The molecular weight excluding hydrogens is 318 g/mol. The maximum Gasteiger partial charge on any atom is 0.126 e. The predicted octanol–water partition coefficient (Wildman–Crippen LogP) is 5.86. The summed E-state index contributed by atoms with van der Waals surface area (Å²) >= 11 is 0. The van der Waals surface area contributed by atoms with E-state index in [2.05, 4.69) is 0 Å². The number of rotatable bonds is 7. The second kappa shape index (κ2) is 8.54. The Morgan fingerprint density at radius 3 is 1.88 bits per heavy atom. The second-order valence-electron chi connectivity index (χ2n) is 6.01. The van der Waals surface area contributed by atoms with Crippen molar-refractivity contribution in [2.75, 3.05) is 0 Å². The molecule has 1 unspecified atom stereocenters. The van der Waals surface area contributed by atoms with Gasteiger partial charge >= 0.3 is 0 Å². The van der Waals surface area contributed by atoms with E-state index in [0.717, 1.165) is 18.1 Å². The van der Waals surface area contributed by atoms with E-state index in [0.29, 0.717) is 18.6 Å². The van der Waals surface area contributed by atoms with E-state index in [9.17, 15) is 8.78 Å². The van der Waals surface area contributed by atoms with Crippen LogP contribution in [0.1, 0.15) is 29.2 Å². The summed E-state index contributed by atoms with van der Waals surface area (Å²) in [4.78, 5) is 0. The Kier molecular flexibility index (Phi) is 5.91. The quantitative estimate of drug-likeness (QED) is 0.524. The largest absolute Gasteiger partial charge is 0.369 e. The molecule has 0 bridgehead atoms. The van der Waals surface area contributed by atoms with Crippen LogP contribution in [0.3, 0.4) is 0 Å². The highest BCUT2D eigenvalue weighted by molar-refractivity contribution is 5.22. The molecular formula is C22H20F2O. The third kappa shape index (κ3) is 5.23. The Bertz CT molecular complexity index is 724. The van der Waals surface area contributed by atoms with Crippen molar-refractivity contribution in [3.05, 3.63) is 107 Å². The van der Waals surface area contributed by atoms with Crippen LogP contribution in [-0.4, -0.2) is 0 Å². The van der Waals surface area contributed by atoms with Crippen molar-refractivity contribution in [1.29, 1.82) is 0 Å². The van der Waals surface area contributed by atoms with Gasteiger partial charge in [0, 0.05) is 6.07 Å². The number of halogens is 2. The fraction of sp³-hybridized carbons (Fsp3) is 0.182. The van der Waals surface area contributed by atoms with E-state index in [1.807, 2.05) is 60.7 Å². The van der Waals surface area contributed by atoms with Crippen LogP contribution in [0, 0.1) is 11.6 Å². The second-order valence-corrected chi connectivity index (χ2v) is 6.01. The number of hydrogen-bond donors (Lipinski definition) is 0. The van der Waals surface area contributed by atoms with E-state index >= 15 is 0 Å². The number of benzene rings is 3. The maximum absolute atomic E-state index is 13.6. The van der Waals surface area contributed by atoms with Crippen molar-refractivity contribution in [2.24, 2.45) is 0 Å². The van der Waals surface area contributed by atoms with Gasteiger partial charge in [-0.25, -0.2) is 8.78 Å². The van der Waals surface area contributed by atoms with Crippen molar-refractivity contribution in [3.63, 3.8) is 0 Å². The van der Waals surface area contributed by atoms with Crippen molar-refractivity contribution in [1.82, 2.24) is 0 Å². The molecule has 0 amide bonds. The predicted molar refractivity (Wildman–Crippen MR) is 95.1 cm³/mol. The molecule has 0 aliphatic rings. The van der Waals surface area contributed by atoms with Gasteiger partial charge in [0.05, 0.1) is 12.7 Å². The standard InChI is InChI=1S/C22H20F2O/c23-20-13-19(14-21(24)15-20)22(12-11-17-7-3-1-4-8-17)25-16-18-9-5-2-6-10-18/h1-10,13-15,22H,11-12,16H2. The highest BCUT2D eigenvalue weighted by Crippen LogP contribution is 2.26. The van der Waals surface area contributed by atoms with Crippen molar-refractivity contribution in [2.45, 2.75) is 25.6 Å². The molecule has 128 valence electrons. The normalized spacial score (nSPS) is 12.1. The molecule has 0 N–H and O–H groups in total. The lowest BCUT2D eigenvalue weighted by molar-refractivity contribution is 0.0337. The summed E-state index contributed by atoms with van der Waals surface area (Å²) in [6, 6.07) is 23.4. The molecule has 0 aliphatic heterocycles. The summed E-state index contributed by atoms with van der Waals surface area (Å²) in [6.07, 6.45) is 1.06. The van der Waals surface area contributed by atoms with E-state index < -0.39 is 11.6 Å². The summed E-state index contributed by atoms with van der Waals surface area (Å²) < 4.78 is 33.3. The first kappa shape index (κ1) is 17.3. The summed E-state index contributed by atoms with van der Waals surface area (Å²) in [5.41, 5.74) is 2.74. The van der Waals surface area contributed by atoms with Crippen molar-refractivity contribution >= 4 is 0 Å². The Morgan fingerprint density at radius 1 is 0.720 bits per heavy atom. The molecule has 0 saturated heterocycles. The van der Waals surface area contributed by atoms with Gasteiger partial charge in [-0.2, -0.15) is 0 Å². The Morgan fingerprint density at radius 2 is 1.28 bits per heavy atom.